The van der Waals surface area contributed by atoms with Gasteiger partial charge in [0.15, 0.2) is 11.4 Å². The highest BCUT2D eigenvalue weighted by Crippen LogP contribution is 2.67. The Balaban J connectivity index is 1.79. The van der Waals surface area contributed by atoms with Gasteiger partial charge in [-0.15, -0.1) is 0 Å². The van der Waals surface area contributed by atoms with Gasteiger partial charge in [0.25, 0.3) is 0 Å². The van der Waals surface area contributed by atoms with Crippen molar-refractivity contribution < 1.29 is 19.1 Å². The van der Waals surface area contributed by atoms with E-state index in [2.05, 4.69) is 41.2 Å². The summed E-state index contributed by atoms with van der Waals surface area (Å²) in [5.41, 5.74) is -0.439. The van der Waals surface area contributed by atoms with Crippen LogP contribution >= 0.6 is 15.9 Å². The van der Waals surface area contributed by atoms with E-state index in [-0.39, 0.29) is 40.3 Å². The first-order valence-electron chi connectivity index (χ1n) is 10.1. The van der Waals surface area contributed by atoms with Crippen LogP contribution in [0.5, 0.6) is 0 Å². The van der Waals surface area contributed by atoms with Gasteiger partial charge in [0.1, 0.15) is 0 Å². The van der Waals surface area contributed by atoms with E-state index in [1.54, 1.807) is 13.0 Å². The van der Waals surface area contributed by atoms with Crippen molar-refractivity contribution in [2.24, 2.45) is 28.6 Å². The third-order valence-corrected chi connectivity index (χ3v) is 8.97. The molecule has 1 heterocycles. The number of carbonyl (C=O) groups excluding carboxylic acids is 3. The van der Waals surface area contributed by atoms with Crippen molar-refractivity contribution in [1.82, 2.24) is 5.32 Å². The fourth-order valence-electron chi connectivity index (χ4n) is 6.88. The van der Waals surface area contributed by atoms with Crippen LogP contribution in [0, 0.1) is 28.6 Å². The fraction of sp³-hybridized carbons (Fsp3) is 0.682. The van der Waals surface area contributed by atoms with Crippen LogP contribution in [-0.2, 0) is 19.1 Å². The van der Waals surface area contributed by atoms with Gasteiger partial charge in [-0.1, -0.05) is 35.9 Å². The van der Waals surface area contributed by atoms with E-state index in [0.717, 1.165) is 29.3 Å². The number of halogens is 1. The molecule has 0 spiro atoms. The molecular formula is C22H28BrNO4. The largest absolute Gasteiger partial charge is 0.451 e. The monoisotopic (exact) mass is 449 g/mol. The third-order valence-electron chi connectivity index (χ3n) is 8.27. The zero-order chi connectivity index (χ0) is 20.5. The second kappa shape index (κ2) is 6.28. The molecule has 3 aliphatic carbocycles. The Morgan fingerprint density at radius 1 is 1.18 bits per heavy atom. The van der Waals surface area contributed by atoms with Crippen LogP contribution < -0.4 is 5.32 Å². The topological polar surface area (TPSA) is 72.5 Å². The van der Waals surface area contributed by atoms with Crippen molar-refractivity contribution in [3.05, 3.63) is 22.2 Å². The van der Waals surface area contributed by atoms with Crippen molar-refractivity contribution in [2.45, 2.75) is 59.0 Å². The van der Waals surface area contributed by atoms with Crippen molar-refractivity contribution in [2.75, 3.05) is 6.54 Å². The summed E-state index contributed by atoms with van der Waals surface area (Å²) in [6, 6.07) is 0. The molecule has 4 rings (SSSR count). The second-order valence-electron chi connectivity index (χ2n) is 9.47. The first-order valence-corrected chi connectivity index (χ1v) is 10.9. The number of Topliss-reactive ketones (excluding diaryl/α,β-unsaturated/α-hetero) is 1. The maximum atomic E-state index is 12.8. The Morgan fingerprint density at radius 2 is 1.86 bits per heavy atom. The molecule has 2 saturated carbocycles. The summed E-state index contributed by atoms with van der Waals surface area (Å²) in [5.74, 6) is 0.468. The maximum Gasteiger partial charge on any atom is 0.303 e. The molecule has 4 aliphatic rings. The van der Waals surface area contributed by atoms with Gasteiger partial charge in [0.2, 0.25) is 5.91 Å². The number of ketones is 1. The highest BCUT2D eigenvalue weighted by atomic mass is 79.9. The molecule has 2 fully saturated rings. The van der Waals surface area contributed by atoms with Gasteiger partial charge in [-0.2, -0.15) is 0 Å². The summed E-state index contributed by atoms with van der Waals surface area (Å²) >= 11 is 3.73. The van der Waals surface area contributed by atoms with E-state index in [1.165, 1.54) is 6.92 Å². The van der Waals surface area contributed by atoms with E-state index in [9.17, 15) is 14.4 Å². The predicted molar refractivity (Wildman–Crippen MR) is 108 cm³/mol. The lowest BCUT2D eigenvalue weighted by Gasteiger charge is -2.57. The lowest BCUT2D eigenvalue weighted by molar-refractivity contribution is -0.185. The molecule has 5 nitrogen and oxygen atoms in total. The highest BCUT2D eigenvalue weighted by molar-refractivity contribution is 9.12. The molecule has 6 atom stereocenters. The molecule has 0 bridgehead atoms. The molecule has 0 unspecified atom stereocenters. The lowest BCUT2D eigenvalue weighted by Crippen LogP contribution is -2.59. The SMILES string of the molecule is CC(=O)O[C@]1(C(C)=O)CC[C@H]2[C@@H]3C=C(Br)C4=CC(=O)NC[C@]4(C)[C@H]3CC[C@@]21C. The van der Waals surface area contributed by atoms with Crippen LogP contribution in [-0.4, -0.2) is 29.8 Å². The fourth-order valence-corrected chi connectivity index (χ4v) is 7.75. The Hall–Kier alpha value is -1.43. The second-order valence-corrected chi connectivity index (χ2v) is 10.3. The number of fused-ring (bicyclic) bond motifs is 5. The van der Waals surface area contributed by atoms with Crippen molar-refractivity contribution >= 4 is 33.6 Å². The smallest absolute Gasteiger partial charge is 0.303 e. The van der Waals surface area contributed by atoms with E-state index < -0.39 is 5.60 Å². The van der Waals surface area contributed by atoms with Crippen LogP contribution in [0.25, 0.3) is 0 Å². The molecule has 1 N–H and O–H groups in total. The Bertz CT molecular complexity index is 832. The Labute approximate surface area is 174 Å². The molecular weight excluding hydrogens is 422 g/mol. The van der Waals surface area contributed by atoms with Gasteiger partial charge in [0, 0.05) is 34.9 Å². The van der Waals surface area contributed by atoms with Crippen LogP contribution in [0.3, 0.4) is 0 Å². The zero-order valence-corrected chi connectivity index (χ0v) is 18.5. The first-order chi connectivity index (χ1) is 13.0. The highest BCUT2D eigenvalue weighted by Gasteiger charge is 2.67. The number of hydrogen-bond donors (Lipinski definition) is 1. The Kier molecular flexibility index (Phi) is 4.46. The van der Waals surface area contributed by atoms with Gasteiger partial charge in [-0.3, -0.25) is 14.4 Å². The molecule has 0 aromatic heterocycles. The number of ether oxygens (including phenoxy) is 1. The average molecular weight is 450 g/mol. The summed E-state index contributed by atoms with van der Waals surface area (Å²) in [5, 5.41) is 3.02. The minimum absolute atomic E-state index is 0.0387. The number of hydrogen-bond acceptors (Lipinski definition) is 4. The zero-order valence-electron chi connectivity index (χ0n) is 16.9. The number of nitrogens with one attached hydrogen (secondary N) is 1. The minimum atomic E-state index is -1.02. The van der Waals surface area contributed by atoms with E-state index in [4.69, 9.17) is 4.74 Å². The predicted octanol–water partition coefficient (Wildman–Crippen LogP) is 3.67. The van der Waals surface area contributed by atoms with Crippen LogP contribution in [0.15, 0.2) is 22.2 Å². The van der Waals surface area contributed by atoms with E-state index >= 15 is 0 Å². The number of amides is 1. The van der Waals surface area contributed by atoms with Crippen molar-refractivity contribution in [3.8, 4) is 0 Å². The van der Waals surface area contributed by atoms with Crippen LogP contribution in [0.4, 0.5) is 0 Å². The maximum absolute atomic E-state index is 12.8. The number of esters is 1. The normalized spacial score (nSPS) is 44.3. The van der Waals surface area contributed by atoms with Gasteiger partial charge < -0.3 is 10.1 Å². The van der Waals surface area contributed by atoms with Gasteiger partial charge in [-0.05, 0) is 55.9 Å². The third kappa shape index (κ3) is 2.45. The molecule has 0 aromatic carbocycles. The molecule has 1 amide bonds. The molecule has 6 heteroatoms. The average Bonchev–Trinajstić information content (AvgIpc) is 2.90. The standard InChI is InChI=1S/C22H28BrNO4/c1-12(25)22(28-13(2)26)8-6-16-14-9-18(23)17-10-19(27)24-11-20(17,3)15(14)5-7-21(16,22)4/h9-10,14-16H,5-8,11H2,1-4H3,(H,24,27)/t14-,15+,16+,20-,21+,22+/m1/s1. The van der Waals surface area contributed by atoms with Crippen molar-refractivity contribution in [1.29, 1.82) is 0 Å². The molecule has 152 valence electrons. The first kappa shape index (κ1) is 19.9. The minimum Gasteiger partial charge on any atom is -0.451 e. The van der Waals surface area contributed by atoms with Crippen LogP contribution in [0.1, 0.15) is 53.4 Å². The van der Waals surface area contributed by atoms with Gasteiger partial charge >= 0.3 is 5.97 Å². The van der Waals surface area contributed by atoms with Gasteiger partial charge in [0.05, 0.1) is 0 Å². The number of rotatable bonds is 2. The summed E-state index contributed by atoms with van der Waals surface area (Å²) in [6.07, 6.45) is 7.21. The van der Waals surface area contributed by atoms with Gasteiger partial charge in [-0.25, -0.2) is 0 Å². The molecule has 0 saturated heterocycles. The summed E-state index contributed by atoms with van der Waals surface area (Å²) in [4.78, 5) is 36.6. The lowest BCUT2D eigenvalue weighted by atomic mass is 9.49. The molecule has 0 aromatic rings. The van der Waals surface area contributed by atoms with E-state index in [1.807, 2.05) is 0 Å². The number of allylic oxidation sites excluding steroid dienone is 2. The molecule has 28 heavy (non-hydrogen) atoms. The van der Waals surface area contributed by atoms with Crippen molar-refractivity contribution in [3.63, 3.8) is 0 Å². The number of carbonyl (C=O) groups is 3. The molecule has 1 aliphatic heterocycles. The van der Waals surface area contributed by atoms with E-state index in [0.29, 0.717) is 18.9 Å². The Morgan fingerprint density at radius 3 is 2.50 bits per heavy atom. The van der Waals surface area contributed by atoms with Crippen LogP contribution in [0.2, 0.25) is 0 Å². The summed E-state index contributed by atoms with van der Waals surface area (Å²) in [6.45, 7) is 7.98. The summed E-state index contributed by atoms with van der Waals surface area (Å²) in [7, 11) is 0. The summed E-state index contributed by atoms with van der Waals surface area (Å²) < 4.78 is 6.78. The quantitative estimate of drug-likeness (QED) is 0.652. The molecule has 0 radical (unpaired) electrons.